The molecule has 1 atom stereocenters. The number of halogens is 2. The van der Waals surface area contributed by atoms with Gasteiger partial charge in [-0.15, -0.1) is 0 Å². The molecule has 0 aliphatic carbocycles. The Labute approximate surface area is 107 Å². The molecule has 1 heterocycles. The van der Waals surface area contributed by atoms with Crippen molar-refractivity contribution in [3.63, 3.8) is 0 Å². The lowest BCUT2D eigenvalue weighted by atomic mass is 10.00. The SMILES string of the molecule is CCCNC(c1ncc(Cl)cc1Cl)C(C)C. The number of nitrogens with zero attached hydrogens (tertiary/aromatic N) is 1. The fourth-order valence-electron chi connectivity index (χ4n) is 1.60. The summed E-state index contributed by atoms with van der Waals surface area (Å²) in [7, 11) is 0. The van der Waals surface area contributed by atoms with Crippen LogP contribution >= 0.6 is 23.2 Å². The summed E-state index contributed by atoms with van der Waals surface area (Å²) in [5, 5.41) is 4.67. The van der Waals surface area contributed by atoms with Crippen molar-refractivity contribution in [1.82, 2.24) is 10.3 Å². The Kier molecular flexibility index (Phi) is 5.53. The van der Waals surface area contributed by atoms with E-state index in [1.165, 1.54) is 0 Å². The predicted octanol–water partition coefficient (Wildman–Crippen LogP) is 4.09. The van der Waals surface area contributed by atoms with E-state index in [0.717, 1.165) is 18.7 Å². The third-order valence-electron chi connectivity index (χ3n) is 2.41. The van der Waals surface area contributed by atoms with Crippen LogP contribution in [-0.2, 0) is 0 Å². The zero-order valence-corrected chi connectivity index (χ0v) is 11.4. The fraction of sp³-hybridized carbons (Fsp3) is 0.583. The molecule has 0 radical (unpaired) electrons. The van der Waals surface area contributed by atoms with Crippen molar-refractivity contribution in [3.05, 3.63) is 28.0 Å². The van der Waals surface area contributed by atoms with Crippen LogP contribution in [0.4, 0.5) is 0 Å². The maximum absolute atomic E-state index is 6.16. The minimum atomic E-state index is 0.185. The molecule has 1 unspecified atom stereocenters. The highest BCUT2D eigenvalue weighted by Gasteiger charge is 2.19. The number of hydrogen-bond donors (Lipinski definition) is 1. The van der Waals surface area contributed by atoms with Crippen molar-refractivity contribution in [3.8, 4) is 0 Å². The van der Waals surface area contributed by atoms with Crippen molar-refractivity contribution in [1.29, 1.82) is 0 Å². The Morgan fingerprint density at radius 2 is 2.06 bits per heavy atom. The van der Waals surface area contributed by atoms with E-state index in [-0.39, 0.29) is 6.04 Å². The summed E-state index contributed by atoms with van der Waals surface area (Å²) in [6, 6.07) is 1.93. The van der Waals surface area contributed by atoms with E-state index < -0.39 is 0 Å². The van der Waals surface area contributed by atoms with Crippen LogP contribution in [0.1, 0.15) is 38.9 Å². The second-order valence-electron chi connectivity index (χ2n) is 4.20. The van der Waals surface area contributed by atoms with Gasteiger partial charge >= 0.3 is 0 Å². The number of pyridine rings is 1. The summed E-state index contributed by atoms with van der Waals surface area (Å²) in [6.45, 7) is 7.41. The molecule has 0 aliphatic heterocycles. The second kappa shape index (κ2) is 6.43. The molecular weight excluding hydrogens is 243 g/mol. The summed E-state index contributed by atoms with van der Waals surface area (Å²) in [6.07, 6.45) is 2.74. The van der Waals surface area contributed by atoms with Crippen LogP contribution in [0.5, 0.6) is 0 Å². The third kappa shape index (κ3) is 3.62. The van der Waals surface area contributed by atoms with E-state index in [0.29, 0.717) is 16.0 Å². The average molecular weight is 261 g/mol. The molecule has 4 heteroatoms. The molecule has 0 bridgehead atoms. The summed E-state index contributed by atoms with van der Waals surface area (Å²) in [4.78, 5) is 4.33. The molecule has 1 aromatic heterocycles. The Morgan fingerprint density at radius 1 is 1.38 bits per heavy atom. The molecule has 90 valence electrons. The van der Waals surface area contributed by atoms with Crippen molar-refractivity contribution < 1.29 is 0 Å². The molecule has 0 saturated heterocycles. The molecular formula is C12H18Cl2N2. The molecule has 0 saturated carbocycles. The smallest absolute Gasteiger partial charge is 0.0762 e. The van der Waals surface area contributed by atoms with E-state index in [9.17, 15) is 0 Å². The van der Waals surface area contributed by atoms with E-state index in [1.807, 2.05) is 0 Å². The molecule has 0 fully saturated rings. The van der Waals surface area contributed by atoms with E-state index in [2.05, 4.69) is 31.1 Å². The molecule has 16 heavy (non-hydrogen) atoms. The normalized spacial score (nSPS) is 13.1. The van der Waals surface area contributed by atoms with Gasteiger partial charge in [0, 0.05) is 6.20 Å². The van der Waals surface area contributed by atoms with Gasteiger partial charge in [-0.25, -0.2) is 0 Å². The molecule has 1 N–H and O–H groups in total. The molecule has 0 amide bonds. The lowest BCUT2D eigenvalue weighted by molar-refractivity contribution is 0.404. The van der Waals surface area contributed by atoms with Crippen LogP contribution in [0.3, 0.4) is 0 Å². The number of aromatic nitrogens is 1. The highest BCUT2D eigenvalue weighted by atomic mass is 35.5. The lowest BCUT2D eigenvalue weighted by Gasteiger charge is -2.22. The molecule has 0 aliphatic rings. The van der Waals surface area contributed by atoms with Crippen LogP contribution in [0, 0.1) is 5.92 Å². The number of hydrogen-bond acceptors (Lipinski definition) is 2. The van der Waals surface area contributed by atoms with Crippen molar-refractivity contribution in [2.24, 2.45) is 5.92 Å². The van der Waals surface area contributed by atoms with E-state index >= 15 is 0 Å². The maximum atomic E-state index is 6.16. The second-order valence-corrected chi connectivity index (χ2v) is 5.04. The van der Waals surface area contributed by atoms with Gasteiger partial charge in [0.15, 0.2) is 0 Å². The average Bonchev–Trinajstić information content (AvgIpc) is 2.20. The predicted molar refractivity (Wildman–Crippen MR) is 70.1 cm³/mol. The summed E-state index contributed by atoms with van der Waals surface area (Å²) < 4.78 is 0. The van der Waals surface area contributed by atoms with Gasteiger partial charge in [0.05, 0.1) is 21.8 Å². The first-order valence-electron chi connectivity index (χ1n) is 5.60. The Balaban J connectivity index is 2.92. The monoisotopic (exact) mass is 260 g/mol. The van der Waals surface area contributed by atoms with Gasteiger partial charge in [0.2, 0.25) is 0 Å². The maximum Gasteiger partial charge on any atom is 0.0762 e. The van der Waals surface area contributed by atoms with Gasteiger partial charge in [-0.2, -0.15) is 0 Å². The molecule has 1 rings (SSSR count). The van der Waals surface area contributed by atoms with Gasteiger partial charge in [-0.05, 0) is 24.9 Å². The lowest BCUT2D eigenvalue weighted by Crippen LogP contribution is -2.27. The quantitative estimate of drug-likeness (QED) is 0.863. The van der Waals surface area contributed by atoms with Crippen LogP contribution in [-0.4, -0.2) is 11.5 Å². The van der Waals surface area contributed by atoms with Crippen LogP contribution < -0.4 is 5.32 Å². The van der Waals surface area contributed by atoms with E-state index in [1.54, 1.807) is 12.3 Å². The van der Waals surface area contributed by atoms with Crippen molar-refractivity contribution >= 4 is 23.2 Å². The largest absolute Gasteiger partial charge is 0.308 e. The van der Waals surface area contributed by atoms with Crippen molar-refractivity contribution in [2.75, 3.05) is 6.54 Å². The number of nitrogens with one attached hydrogen (secondary N) is 1. The minimum Gasteiger partial charge on any atom is -0.308 e. The Morgan fingerprint density at radius 3 is 2.56 bits per heavy atom. The topological polar surface area (TPSA) is 24.9 Å². The van der Waals surface area contributed by atoms with Gasteiger partial charge in [0.25, 0.3) is 0 Å². The molecule has 1 aromatic rings. The van der Waals surface area contributed by atoms with Crippen LogP contribution in [0.25, 0.3) is 0 Å². The summed E-state index contributed by atoms with van der Waals surface area (Å²) in [5.74, 6) is 0.442. The molecule has 0 aromatic carbocycles. The standard InChI is InChI=1S/C12H18Cl2N2/c1-4-5-15-11(8(2)3)12-10(14)6-9(13)7-16-12/h6-8,11,15H,4-5H2,1-3H3. The third-order valence-corrected chi connectivity index (χ3v) is 2.92. The minimum absolute atomic E-state index is 0.185. The molecule has 2 nitrogen and oxygen atoms in total. The van der Waals surface area contributed by atoms with Crippen LogP contribution in [0.15, 0.2) is 12.3 Å². The zero-order chi connectivity index (χ0) is 12.1. The highest BCUT2D eigenvalue weighted by molar-refractivity contribution is 6.34. The fourth-order valence-corrected chi connectivity index (χ4v) is 2.10. The van der Waals surface area contributed by atoms with E-state index in [4.69, 9.17) is 23.2 Å². The van der Waals surface area contributed by atoms with Gasteiger partial charge < -0.3 is 5.32 Å². The number of rotatable bonds is 5. The van der Waals surface area contributed by atoms with Gasteiger partial charge in [-0.3, -0.25) is 4.98 Å². The first kappa shape index (κ1) is 13.8. The Bertz CT molecular complexity index is 340. The van der Waals surface area contributed by atoms with Gasteiger partial charge in [-0.1, -0.05) is 44.0 Å². The molecule has 0 spiro atoms. The zero-order valence-electron chi connectivity index (χ0n) is 9.93. The first-order chi connectivity index (χ1) is 7.56. The highest BCUT2D eigenvalue weighted by Crippen LogP contribution is 2.28. The summed E-state index contributed by atoms with van der Waals surface area (Å²) >= 11 is 12.0. The summed E-state index contributed by atoms with van der Waals surface area (Å²) in [5.41, 5.74) is 0.884. The first-order valence-corrected chi connectivity index (χ1v) is 6.36. The van der Waals surface area contributed by atoms with Crippen LogP contribution in [0.2, 0.25) is 10.0 Å². The van der Waals surface area contributed by atoms with Crippen molar-refractivity contribution in [2.45, 2.75) is 33.2 Å². The van der Waals surface area contributed by atoms with Gasteiger partial charge in [0.1, 0.15) is 0 Å². The Hall–Kier alpha value is -0.310.